The first-order chi connectivity index (χ1) is 11.1. The Bertz CT molecular complexity index is 940. The number of amides is 1. The Balaban J connectivity index is 1.95. The highest BCUT2D eigenvalue weighted by Gasteiger charge is 2.59. The molecule has 5 rings (SSSR count). The first kappa shape index (κ1) is 12.6. The van der Waals surface area contributed by atoms with E-state index in [1.165, 1.54) is 0 Å². The molecule has 6 heteroatoms. The number of para-hydroxylation sites is 1. The lowest BCUT2D eigenvalue weighted by molar-refractivity contribution is -0.121. The van der Waals surface area contributed by atoms with Crippen LogP contribution in [-0.4, -0.2) is 21.9 Å². The van der Waals surface area contributed by atoms with Gasteiger partial charge in [0.15, 0.2) is 11.6 Å². The minimum Gasteiger partial charge on any atom is -0.342 e. The number of anilines is 2. The lowest BCUT2D eigenvalue weighted by Crippen LogP contribution is -2.43. The van der Waals surface area contributed by atoms with Gasteiger partial charge in [-0.2, -0.15) is 5.10 Å². The van der Waals surface area contributed by atoms with Crippen molar-refractivity contribution in [3.8, 4) is 0 Å². The summed E-state index contributed by atoms with van der Waals surface area (Å²) < 4.78 is 0. The number of hydrogen-bond donors (Lipinski definition) is 3. The molecule has 0 fully saturated rings. The first-order valence-corrected chi connectivity index (χ1v) is 7.64. The van der Waals surface area contributed by atoms with E-state index in [1.807, 2.05) is 31.2 Å². The zero-order valence-corrected chi connectivity index (χ0v) is 12.5. The van der Waals surface area contributed by atoms with Gasteiger partial charge in [-0.1, -0.05) is 18.2 Å². The summed E-state index contributed by atoms with van der Waals surface area (Å²) in [5.74, 6) is 0.502. The summed E-state index contributed by atoms with van der Waals surface area (Å²) in [6.45, 7) is 1.88. The van der Waals surface area contributed by atoms with Crippen LogP contribution in [0.4, 0.5) is 11.5 Å². The minimum atomic E-state index is -1.09. The van der Waals surface area contributed by atoms with E-state index in [9.17, 15) is 9.59 Å². The highest BCUT2D eigenvalue weighted by atomic mass is 16.2. The fraction of sp³-hybridized carbons (Fsp3) is 0.235. The monoisotopic (exact) mass is 306 g/mol. The topological polar surface area (TPSA) is 86.9 Å². The number of carbonyl (C=O) groups is 2. The number of fused-ring (bicyclic) bond motifs is 5. The van der Waals surface area contributed by atoms with Crippen molar-refractivity contribution in [1.82, 2.24) is 10.2 Å². The van der Waals surface area contributed by atoms with Gasteiger partial charge in [0.25, 0.3) is 0 Å². The summed E-state index contributed by atoms with van der Waals surface area (Å²) in [7, 11) is 0. The number of aromatic amines is 1. The Morgan fingerprint density at radius 2 is 1.96 bits per heavy atom. The van der Waals surface area contributed by atoms with E-state index >= 15 is 0 Å². The molecule has 1 atom stereocenters. The van der Waals surface area contributed by atoms with E-state index in [2.05, 4.69) is 20.8 Å². The molecule has 0 radical (unpaired) electrons. The highest BCUT2D eigenvalue weighted by Crippen LogP contribution is 2.55. The number of nitrogens with zero attached hydrogens (tertiary/aromatic N) is 1. The van der Waals surface area contributed by atoms with Crippen molar-refractivity contribution < 1.29 is 9.59 Å². The average molecular weight is 306 g/mol. The SMILES string of the molecule is Cc1[nH]nc2c1[C@]1(C(=O)Nc3ccccc31)C1=C(CCC1=O)N2. The van der Waals surface area contributed by atoms with Gasteiger partial charge < -0.3 is 10.6 Å². The van der Waals surface area contributed by atoms with Crippen molar-refractivity contribution in [2.45, 2.75) is 25.2 Å². The van der Waals surface area contributed by atoms with Gasteiger partial charge in [0.1, 0.15) is 5.41 Å². The van der Waals surface area contributed by atoms with Crippen LogP contribution in [0.1, 0.15) is 29.7 Å². The lowest BCUT2D eigenvalue weighted by Gasteiger charge is -2.33. The number of benzene rings is 1. The van der Waals surface area contributed by atoms with Gasteiger partial charge in [-0.05, 0) is 19.4 Å². The van der Waals surface area contributed by atoms with Crippen LogP contribution in [0.25, 0.3) is 0 Å². The number of H-pyrrole nitrogens is 1. The number of Topliss-reactive ketones (excluding diaryl/α,β-unsaturated/α-hetero) is 1. The second-order valence-corrected chi connectivity index (χ2v) is 6.22. The van der Waals surface area contributed by atoms with Gasteiger partial charge in [-0.25, -0.2) is 0 Å². The third-order valence-electron chi connectivity index (χ3n) is 5.07. The van der Waals surface area contributed by atoms with Crippen molar-refractivity contribution in [2.24, 2.45) is 0 Å². The number of rotatable bonds is 0. The Morgan fingerprint density at radius 1 is 1.13 bits per heavy atom. The quantitative estimate of drug-likeness (QED) is 0.695. The predicted octanol–water partition coefficient (Wildman–Crippen LogP) is 2.00. The van der Waals surface area contributed by atoms with Crippen LogP contribution in [0, 0.1) is 6.92 Å². The summed E-state index contributed by atoms with van der Waals surface area (Å²) in [6, 6.07) is 7.58. The van der Waals surface area contributed by atoms with Crippen LogP contribution in [-0.2, 0) is 15.0 Å². The minimum absolute atomic E-state index is 0.0330. The summed E-state index contributed by atoms with van der Waals surface area (Å²) in [5, 5.41) is 13.5. The van der Waals surface area contributed by atoms with Crippen molar-refractivity contribution in [1.29, 1.82) is 0 Å². The maximum Gasteiger partial charge on any atom is 0.244 e. The third-order valence-corrected chi connectivity index (χ3v) is 5.07. The first-order valence-electron chi connectivity index (χ1n) is 7.64. The van der Waals surface area contributed by atoms with Crippen molar-refractivity contribution in [3.05, 3.63) is 52.4 Å². The van der Waals surface area contributed by atoms with Crippen molar-refractivity contribution in [3.63, 3.8) is 0 Å². The Morgan fingerprint density at radius 3 is 2.83 bits per heavy atom. The zero-order chi connectivity index (χ0) is 15.8. The fourth-order valence-electron chi connectivity index (χ4n) is 4.22. The Labute approximate surface area is 132 Å². The molecule has 3 heterocycles. The van der Waals surface area contributed by atoms with Crippen LogP contribution >= 0.6 is 0 Å². The number of aryl methyl sites for hydroxylation is 1. The molecule has 114 valence electrons. The standard InChI is InChI=1S/C17H14N4O2/c1-8-13-15(21-20-8)18-11-6-7-12(22)14(11)17(13)9-4-2-3-5-10(9)19-16(17)23/h2-5H,6-7H2,1H3,(H,19,23)(H2,18,20,21)/t17-/m0/s1. The predicted molar refractivity (Wildman–Crippen MR) is 84.1 cm³/mol. The van der Waals surface area contributed by atoms with Gasteiger partial charge in [-0.15, -0.1) is 0 Å². The molecule has 0 saturated heterocycles. The molecular weight excluding hydrogens is 292 g/mol. The largest absolute Gasteiger partial charge is 0.342 e. The number of aromatic nitrogens is 2. The molecular formula is C17H14N4O2. The second kappa shape index (κ2) is 3.90. The Kier molecular flexibility index (Phi) is 2.14. The molecule has 0 saturated carbocycles. The lowest BCUT2D eigenvalue weighted by atomic mass is 9.67. The van der Waals surface area contributed by atoms with Crippen LogP contribution in [0.5, 0.6) is 0 Å². The van der Waals surface area contributed by atoms with Crippen LogP contribution in [0.15, 0.2) is 35.5 Å². The maximum atomic E-state index is 13.1. The van der Waals surface area contributed by atoms with E-state index in [0.717, 1.165) is 28.2 Å². The molecule has 3 N–H and O–H groups in total. The molecule has 1 aromatic carbocycles. The van der Waals surface area contributed by atoms with Crippen LogP contribution in [0.2, 0.25) is 0 Å². The van der Waals surface area contributed by atoms with E-state index in [-0.39, 0.29) is 11.7 Å². The molecule has 0 bridgehead atoms. The molecule has 0 unspecified atom stereocenters. The molecule has 2 aliphatic heterocycles. The molecule has 6 nitrogen and oxygen atoms in total. The van der Waals surface area contributed by atoms with Crippen molar-refractivity contribution in [2.75, 3.05) is 10.6 Å². The number of allylic oxidation sites excluding steroid dienone is 1. The average Bonchev–Trinajstić information content (AvgIpc) is 3.18. The van der Waals surface area contributed by atoms with Gasteiger partial charge in [0.2, 0.25) is 5.91 Å². The maximum absolute atomic E-state index is 13.1. The Hall–Kier alpha value is -2.89. The normalized spacial score (nSPS) is 24.4. The summed E-state index contributed by atoms with van der Waals surface area (Å²) in [6.07, 6.45) is 1.05. The van der Waals surface area contributed by atoms with E-state index in [1.54, 1.807) is 0 Å². The molecule has 3 aliphatic rings. The van der Waals surface area contributed by atoms with Crippen molar-refractivity contribution >= 4 is 23.2 Å². The van der Waals surface area contributed by atoms with E-state index < -0.39 is 5.41 Å². The number of hydrogen-bond acceptors (Lipinski definition) is 4. The molecule has 1 amide bonds. The molecule has 1 spiro atoms. The molecule has 1 aromatic heterocycles. The zero-order valence-electron chi connectivity index (χ0n) is 12.5. The van der Waals surface area contributed by atoms with Crippen LogP contribution < -0.4 is 10.6 Å². The third kappa shape index (κ3) is 1.28. The number of carbonyl (C=O) groups excluding carboxylic acids is 2. The van der Waals surface area contributed by atoms with Crippen LogP contribution in [0.3, 0.4) is 0 Å². The van der Waals surface area contributed by atoms with E-state index in [0.29, 0.717) is 24.2 Å². The fourth-order valence-corrected chi connectivity index (χ4v) is 4.22. The summed E-state index contributed by atoms with van der Waals surface area (Å²) >= 11 is 0. The summed E-state index contributed by atoms with van der Waals surface area (Å²) in [5.41, 5.74) is 3.46. The molecule has 2 aromatic rings. The van der Waals surface area contributed by atoms with Gasteiger partial charge in [0, 0.05) is 40.2 Å². The second-order valence-electron chi connectivity index (χ2n) is 6.22. The van der Waals surface area contributed by atoms with Gasteiger partial charge >= 0.3 is 0 Å². The smallest absolute Gasteiger partial charge is 0.244 e. The highest BCUT2D eigenvalue weighted by molar-refractivity contribution is 6.20. The number of ketones is 1. The van der Waals surface area contributed by atoms with Gasteiger partial charge in [-0.3, -0.25) is 14.7 Å². The summed E-state index contributed by atoms with van der Waals surface area (Å²) in [4.78, 5) is 25.8. The number of nitrogens with one attached hydrogen (secondary N) is 3. The molecule has 23 heavy (non-hydrogen) atoms. The van der Waals surface area contributed by atoms with E-state index in [4.69, 9.17) is 0 Å². The molecule has 1 aliphatic carbocycles. The van der Waals surface area contributed by atoms with Gasteiger partial charge in [0.05, 0.1) is 0 Å².